The van der Waals surface area contributed by atoms with Crippen molar-refractivity contribution in [2.24, 2.45) is 0 Å². The van der Waals surface area contributed by atoms with Crippen LogP contribution in [0.25, 0.3) is 33.2 Å². The van der Waals surface area contributed by atoms with Crippen molar-refractivity contribution in [2.75, 3.05) is 204 Å². The van der Waals surface area contributed by atoms with E-state index in [1.165, 1.54) is 35.7 Å². The number of nitrogens with zero attached hydrogens (tertiary/aromatic N) is 6. The van der Waals surface area contributed by atoms with Gasteiger partial charge in [-0.05, 0) is 107 Å². The molecule has 9 heterocycles. The fourth-order valence-electron chi connectivity index (χ4n) is 14.5. The van der Waals surface area contributed by atoms with Crippen molar-refractivity contribution in [3.63, 3.8) is 0 Å². The van der Waals surface area contributed by atoms with Crippen molar-refractivity contribution >= 4 is 92.2 Å². The highest BCUT2D eigenvalue weighted by Crippen LogP contribution is 2.45. The van der Waals surface area contributed by atoms with Gasteiger partial charge in [-0.1, -0.05) is 13.8 Å². The summed E-state index contributed by atoms with van der Waals surface area (Å²) in [6, 6.07) is 4.11. The van der Waals surface area contributed by atoms with Crippen LogP contribution in [-0.4, -0.2) is 353 Å². The second-order valence-electron chi connectivity index (χ2n) is 29.6. The molecule has 3 aromatic heterocycles. The lowest BCUT2D eigenvalue weighted by atomic mass is 9.84. The number of H-pyrrole nitrogens is 2. The Morgan fingerprint density at radius 2 is 1.20 bits per heavy atom. The van der Waals surface area contributed by atoms with Crippen molar-refractivity contribution < 1.29 is 116 Å². The standard InChI is InChI=1S/C82H121N11O24S/c1-10-57-50(2)59-48-64-70(56(8)116-44-43-107-25-17-83-78(102)54(6)85-79(103)55(7)84-66(95)16-24-106-29-31-110-33-35-112-37-39-114-41-42-115-40-38-113-36-34-111-32-30-109-28-23-92-68(97)14-15-69(92)98)52(4)61(87-64)46-60-51(3)58(12-13-67(96)90(9)18-11-45-118-82-77(101)76(100)75(99)65(49-94)117-82)73(88-60)72-74-71(53(5)62(89-74)47-63(57)86-59)80(104)93(81(72)105)20-19-91-21-26-108-27-22-91/h14-15,46-48,51,54-56,58,65,75-77,82,87,89,94,99-101H,10-13,16-45,49H2,1-9H3,(H,83,102)(H,84,95)(H,85,103)/t51-,54-,55-,56?,58-,65+,75+,76-,77+,82-/m0/s1. The first kappa shape index (κ1) is 94.3. The maximum atomic E-state index is 15.5. The summed E-state index contributed by atoms with van der Waals surface area (Å²) in [6.45, 7) is 24.2. The quantitative estimate of drug-likeness (QED) is 0.0290. The molecular formula is C82H121N11O24S. The van der Waals surface area contributed by atoms with E-state index in [-0.39, 0.29) is 101 Å². The monoisotopic (exact) mass is 1680 g/mol. The summed E-state index contributed by atoms with van der Waals surface area (Å²) in [7, 11) is 1.72. The molecule has 6 aliphatic rings. The number of thioether (sulfide) groups is 1. The SMILES string of the molecule is CCC1=C(C)c2cc3[nH]c(cc4nc(c5c6[nH]c(cc1n2)c(C)c6C(=O)N(CCN1CCOCC1)C5=O)[C@@H](CCC(=O)N(C)CCCS[C@@H]1O[C@H](CO)[C@@H](O)[C@H](O)[C@H]1O)[C@@H]4C)c(C)c3C(C)OCCOCCNC(=O)[C@H](C)NC(=O)[C@H](C)NC(=O)CCOCCOCCOCCOCCOCCOCCOCCOCCN1C(=O)C=CC1=O. The van der Waals surface area contributed by atoms with Gasteiger partial charge in [0, 0.05) is 111 Å². The van der Waals surface area contributed by atoms with Crippen LogP contribution in [0.3, 0.4) is 0 Å². The van der Waals surface area contributed by atoms with Gasteiger partial charge in [-0.15, -0.1) is 11.8 Å². The van der Waals surface area contributed by atoms with Crippen LogP contribution in [0.1, 0.15) is 152 Å². The first-order valence-corrected chi connectivity index (χ1v) is 42.0. The summed E-state index contributed by atoms with van der Waals surface area (Å²) in [6.07, 6.45) is -1.84. The molecule has 0 radical (unpaired) electrons. The number of carbonyl (C=O) groups excluding carboxylic acids is 8. The minimum Gasteiger partial charge on any atom is -0.394 e. The van der Waals surface area contributed by atoms with E-state index in [2.05, 4.69) is 37.7 Å². The minimum atomic E-state index is -1.49. The highest BCUT2D eigenvalue weighted by molar-refractivity contribution is 7.99. The third kappa shape index (κ3) is 26.5. The Kier molecular flexibility index (Phi) is 38.5. The van der Waals surface area contributed by atoms with E-state index < -0.39 is 90.1 Å². The molecule has 1 unspecified atom stereocenters. The number of aryl methyl sites for hydroxylation is 2. The first-order chi connectivity index (χ1) is 56.9. The van der Waals surface area contributed by atoms with Gasteiger partial charge >= 0.3 is 0 Å². The van der Waals surface area contributed by atoms with Crippen LogP contribution in [0.2, 0.25) is 0 Å². The van der Waals surface area contributed by atoms with Gasteiger partial charge in [-0.2, -0.15) is 0 Å². The molecular weight excluding hydrogens is 1560 g/mol. The van der Waals surface area contributed by atoms with E-state index in [1.54, 1.807) is 18.9 Å². The molecule has 6 aliphatic heterocycles. The number of amides is 8. The van der Waals surface area contributed by atoms with Gasteiger partial charge in [0.25, 0.3) is 23.6 Å². The van der Waals surface area contributed by atoms with Crippen LogP contribution < -0.4 is 16.0 Å². The number of aromatic nitrogens is 4. The number of aromatic amines is 2. The predicted molar refractivity (Wildman–Crippen MR) is 435 cm³/mol. The van der Waals surface area contributed by atoms with Crippen LogP contribution in [0.15, 0.2) is 30.4 Å². The maximum absolute atomic E-state index is 15.5. The van der Waals surface area contributed by atoms with Crippen LogP contribution >= 0.6 is 11.8 Å². The molecule has 118 heavy (non-hydrogen) atoms. The van der Waals surface area contributed by atoms with E-state index in [0.717, 1.165) is 43.9 Å². The third-order valence-corrected chi connectivity index (χ3v) is 22.7. The average Bonchev–Trinajstić information content (AvgIpc) is 1.57. The second-order valence-corrected chi connectivity index (χ2v) is 30.8. The molecule has 35 nitrogen and oxygen atoms in total. The number of ether oxygens (including phenoxy) is 12. The first-order valence-electron chi connectivity index (χ1n) is 41.0. The summed E-state index contributed by atoms with van der Waals surface area (Å²) in [5, 5.41) is 49.0. The molecule has 0 aliphatic carbocycles. The lowest BCUT2D eigenvalue weighted by Gasteiger charge is -2.39. The zero-order chi connectivity index (χ0) is 84.8. The van der Waals surface area contributed by atoms with E-state index in [4.69, 9.17) is 66.8 Å². The highest BCUT2D eigenvalue weighted by Gasteiger charge is 2.45. The van der Waals surface area contributed by atoms with E-state index >= 15 is 4.79 Å². The number of fused-ring (bicyclic) bond motifs is 8. The van der Waals surface area contributed by atoms with Crippen LogP contribution in [0, 0.1) is 13.8 Å². The molecule has 0 aromatic carbocycles. The van der Waals surface area contributed by atoms with E-state index in [0.29, 0.717) is 190 Å². The van der Waals surface area contributed by atoms with Crippen LogP contribution in [-0.2, 0) is 85.6 Å². The molecule has 9 rings (SSSR count). The largest absolute Gasteiger partial charge is 0.394 e. The molecule has 36 heteroatoms. The van der Waals surface area contributed by atoms with Gasteiger partial charge in [-0.3, -0.25) is 58.0 Å². The van der Waals surface area contributed by atoms with Gasteiger partial charge in [0.05, 0.1) is 192 Å². The third-order valence-electron chi connectivity index (χ3n) is 21.5. The van der Waals surface area contributed by atoms with Crippen molar-refractivity contribution in [1.82, 2.24) is 55.5 Å². The molecule has 8 bridgehead atoms. The fourth-order valence-corrected chi connectivity index (χ4v) is 15.6. The van der Waals surface area contributed by atoms with Crippen LogP contribution in [0.5, 0.6) is 0 Å². The van der Waals surface area contributed by atoms with Gasteiger partial charge in [0.15, 0.2) is 0 Å². The Bertz CT molecular complexity index is 4080. The Morgan fingerprint density at radius 3 is 1.82 bits per heavy atom. The Balaban J connectivity index is 0.706. The summed E-state index contributed by atoms with van der Waals surface area (Å²) in [5.74, 6) is -3.48. The average molecular weight is 1680 g/mol. The Morgan fingerprint density at radius 1 is 0.636 bits per heavy atom. The zero-order valence-electron chi connectivity index (χ0n) is 69.5. The molecule has 8 amide bonds. The predicted octanol–water partition coefficient (Wildman–Crippen LogP) is 2.92. The number of rotatable bonds is 52. The van der Waals surface area contributed by atoms with Crippen molar-refractivity contribution in [1.29, 1.82) is 0 Å². The van der Waals surface area contributed by atoms with Gasteiger partial charge in [0.2, 0.25) is 23.6 Å². The van der Waals surface area contributed by atoms with E-state index in [9.17, 15) is 54.0 Å². The number of hydrogen-bond donors (Lipinski definition) is 9. The molecule has 10 atom stereocenters. The smallest absolute Gasteiger partial charge is 0.264 e. The number of nitrogens with one attached hydrogen (secondary N) is 5. The number of carbonyl (C=O) groups is 8. The number of aliphatic hydroxyl groups excluding tert-OH is 4. The molecule has 0 saturated carbocycles. The number of hydrogen-bond acceptors (Lipinski definition) is 28. The fraction of sp³-hybridized carbons (Fsp3) is 0.659. The molecule has 0 spiro atoms. The number of allylic oxidation sites excluding steroid dienone is 2. The molecule has 2 saturated heterocycles. The van der Waals surface area contributed by atoms with Gasteiger partial charge < -0.3 is 108 Å². The molecule has 2 fully saturated rings. The number of aliphatic hydroxyl groups is 4. The summed E-state index contributed by atoms with van der Waals surface area (Å²) >= 11 is 1.22. The van der Waals surface area contributed by atoms with Crippen molar-refractivity contribution in [3.8, 4) is 0 Å². The van der Waals surface area contributed by atoms with Crippen LogP contribution in [0.4, 0.5) is 0 Å². The van der Waals surface area contributed by atoms with Crippen molar-refractivity contribution in [2.45, 2.75) is 147 Å². The normalized spacial score (nSPS) is 20.3. The Labute approximate surface area is 692 Å². The number of morpholine rings is 1. The summed E-state index contributed by atoms with van der Waals surface area (Å²) < 4.78 is 67.7. The molecule has 9 N–H and O–H groups in total. The molecule has 3 aromatic rings. The lowest BCUT2D eigenvalue weighted by molar-refractivity contribution is -0.205. The topological polar surface area (TPSA) is 435 Å². The van der Waals surface area contributed by atoms with Crippen molar-refractivity contribution in [3.05, 3.63) is 80.9 Å². The second kappa shape index (κ2) is 48.2. The Hall–Kier alpha value is -7.57. The van der Waals surface area contributed by atoms with E-state index in [1.807, 2.05) is 52.8 Å². The molecule has 654 valence electrons. The van der Waals surface area contributed by atoms with Gasteiger partial charge in [0.1, 0.15) is 41.9 Å². The summed E-state index contributed by atoms with van der Waals surface area (Å²) in [4.78, 5) is 131. The number of imide groups is 2. The minimum absolute atomic E-state index is 0.00501. The maximum Gasteiger partial charge on any atom is 0.264 e. The highest BCUT2D eigenvalue weighted by atomic mass is 32.2. The lowest BCUT2D eigenvalue weighted by Crippen LogP contribution is -2.57. The summed E-state index contributed by atoms with van der Waals surface area (Å²) in [5.41, 5.74) is 9.15. The zero-order valence-corrected chi connectivity index (χ0v) is 70.3. The van der Waals surface area contributed by atoms with Gasteiger partial charge in [-0.25, -0.2) is 4.98 Å².